The van der Waals surface area contributed by atoms with Crippen molar-refractivity contribution in [3.8, 4) is 0 Å². The maximum atomic E-state index is 11.3. The number of halogens is 1. The molecule has 0 fully saturated rings. The maximum Gasteiger partial charge on any atom is 0.335 e. The third-order valence-electron chi connectivity index (χ3n) is 2.58. The Bertz CT molecular complexity index is 375. The number of aliphatic hydroxyl groups excluding tert-OH is 1. The van der Waals surface area contributed by atoms with Crippen LogP contribution in [0, 0.1) is 0 Å². The highest BCUT2D eigenvalue weighted by atomic mass is 79.9. The predicted molar refractivity (Wildman–Crippen MR) is 63.0 cm³/mol. The molecule has 5 heteroatoms. The zero-order valence-electron chi connectivity index (χ0n) is 9.40. The Labute approximate surface area is 103 Å². The van der Waals surface area contributed by atoms with Gasteiger partial charge in [-0.25, -0.2) is 9.78 Å². The summed E-state index contributed by atoms with van der Waals surface area (Å²) in [4.78, 5) is 15.4. The number of hydrogen-bond acceptors (Lipinski definition) is 4. The Morgan fingerprint density at radius 1 is 1.56 bits per heavy atom. The minimum Gasteiger partial charge on any atom is -0.467 e. The number of carbonyl (C=O) groups excluding carboxylic acids is 1. The minimum atomic E-state index is -1.21. The topological polar surface area (TPSA) is 59.4 Å². The molecule has 1 aromatic rings. The van der Waals surface area contributed by atoms with Gasteiger partial charge in [-0.05, 0) is 27.6 Å². The Kier molecular flexibility index (Phi) is 4.04. The molecule has 0 spiro atoms. The van der Waals surface area contributed by atoms with Crippen LogP contribution in [-0.4, -0.2) is 29.3 Å². The summed E-state index contributed by atoms with van der Waals surface area (Å²) in [5, 5.41) is 9.85. The quantitative estimate of drug-likeness (QED) is 0.678. The van der Waals surface area contributed by atoms with Crippen molar-refractivity contribution in [2.45, 2.75) is 25.4 Å². The van der Waals surface area contributed by atoms with Crippen LogP contribution in [0.25, 0.3) is 0 Å². The number of aromatic nitrogens is 1. The number of nitrogens with zero attached hydrogens (tertiary/aromatic N) is 1. The molecular formula is C11H14BrNO3. The first-order chi connectivity index (χ1) is 7.39. The second-order valence-corrected chi connectivity index (χ2v) is 4.83. The van der Waals surface area contributed by atoms with E-state index in [0.717, 1.165) is 5.56 Å². The lowest BCUT2D eigenvalue weighted by atomic mass is 9.80. The van der Waals surface area contributed by atoms with Crippen LogP contribution < -0.4 is 0 Å². The molecule has 1 aromatic heterocycles. The predicted octanol–water partition coefficient (Wildman–Crippen LogP) is 1.66. The van der Waals surface area contributed by atoms with E-state index in [9.17, 15) is 9.90 Å². The third kappa shape index (κ3) is 2.59. The molecule has 0 aliphatic heterocycles. The van der Waals surface area contributed by atoms with Crippen LogP contribution >= 0.6 is 15.9 Å². The summed E-state index contributed by atoms with van der Waals surface area (Å²) < 4.78 is 5.23. The van der Waals surface area contributed by atoms with E-state index in [1.54, 1.807) is 26.1 Å². The van der Waals surface area contributed by atoms with E-state index in [2.05, 4.69) is 25.7 Å². The van der Waals surface area contributed by atoms with E-state index in [1.165, 1.54) is 7.11 Å². The van der Waals surface area contributed by atoms with Gasteiger partial charge in [0, 0.05) is 11.6 Å². The van der Waals surface area contributed by atoms with Crippen molar-refractivity contribution in [2.75, 3.05) is 7.11 Å². The largest absolute Gasteiger partial charge is 0.467 e. The van der Waals surface area contributed by atoms with E-state index in [-0.39, 0.29) is 0 Å². The standard InChI is InChI=1S/C11H14BrNO3/c1-11(2,9(14)10(15)16-3)7-4-5-8(12)13-6-7/h4-6,9,14H,1-3H3. The van der Waals surface area contributed by atoms with E-state index >= 15 is 0 Å². The summed E-state index contributed by atoms with van der Waals surface area (Å²) in [7, 11) is 1.25. The first-order valence-electron chi connectivity index (χ1n) is 4.77. The van der Waals surface area contributed by atoms with Crippen LogP contribution in [0.15, 0.2) is 22.9 Å². The van der Waals surface area contributed by atoms with Gasteiger partial charge in [0.1, 0.15) is 4.60 Å². The molecule has 1 unspecified atom stereocenters. The monoisotopic (exact) mass is 287 g/mol. The van der Waals surface area contributed by atoms with Gasteiger partial charge in [0.15, 0.2) is 6.10 Å². The number of pyridine rings is 1. The second kappa shape index (κ2) is 4.93. The molecule has 0 bridgehead atoms. The van der Waals surface area contributed by atoms with Crippen molar-refractivity contribution < 1.29 is 14.6 Å². The molecule has 0 aromatic carbocycles. The highest BCUT2D eigenvalue weighted by molar-refractivity contribution is 9.10. The van der Waals surface area contributed by atoms with Crippen molar-refractivity contribution in [1.82, 2.24) is 4.98 Å². The average molecular weight is 288 g/mol. The molecule has 1 N–H and O–H groups in total. The molecule has 0 aliphatic carbocycles. The number of ether oxygens (including phenoxy) is 1. The van der Waals surface area contributed by atoms with Gasteiger partial charge in [-0.15, -0.1) is 0 Å². The van der Waals surface area contributed by atoms with Crippen molar-refractivity contribution in [3.05, 3.63) is 28.5 Å². The van der Waals surface area contributed by atoms with Gasteiger partial charge in [0.25, 0.3) is 0 Å². The second-order valence-electron chi connectivity index (χ2n) is 4.02. The number of carbonyl (C=O) groups is 1. The Balaban J connectivity index is 3.01. The van der Waals surface area contributed by atoms with Gasteiger partial charge in [-0.3, -0.25) is 0 Å². The Morgan fingerprint density at radius 3 is 2.62 bits per heavy atom. The summed E-state index contributed by atoms with van der Waals surface area (Å²) in [6.07, 6.45) is 0.413. The Morgan fingerprint density at radius 2 is 2.19 bits per heavy atom. The van der Waals surface area contributed by atoms with E-state index in [0.29, 0.717) is 4.60 Å². The van der Waals surface area contributed by atoms with Gasteiger partial charge >= 0.3 is 5.97 Å². The minimum absolute atomic E-state index is 0.645. The molecule has 16 heavy (non-hydrogen) atoms. The summed E-state index contributed by atoms with van der Waals surface area (Å²) in [6, 6.07) is 3.57. The molecule has 0 saturated carbocycles. The first-order valence-corrected chi connectivity index (χ1v) is 5.57. The molecule has 0 aliphatic rings. The lowest BCUT2D eigenvalue weighted by Gasteiger charge is -2.28. The van der Waals surface area contributed by atoms with Crippen LogP contribution in [0.5, 0.6) is 0 Å². The smallest absolute Gasteiger partial charge is 0.335 e. The molecule has 88 valence electrons. The molecule has 0 saturated heterocycles. The summed E-state index contributed by atoms with van der Waals surface area (Å²) in [6.45, 7) is 3.53. The fourth-order valence-electron chi connectivity index (χ4n) is 1.32. The molecule has 4 nitrogen and oxygen atoms in total. The molecule has 1 atom stereocenters. The van der Waals surface area contributed by atoms with E-state index < -0.39 is 17.5 Å². The molecular weight excluding hydrogens is 274 g/mol. The lowest BCUT2D eigenvalue weighted by Crippen LogP contribution is -2.40. The first kappa shape index (κ1) is 13.1. The van der Waals surface area contributed by atoms with Crippen LogP contribution in [0.4, 0.5) is 0 Å². The number of esters is 1. The van der Waals surface area contributed by atoms with Crippen LogP contribution in [0.1, 0.15) is 19.4 Å². The normalized spacial score (nSPS) is 13.3. The summed E-state index contributed by atoms with van der Waals surface area (Å²) >= 11 is 3.23. The SMILES string of the molecule is COC(=O)C(O)C(C)(C)c1ccc(Br)nc1. The van der Waals surface area contributed by atoms with E-state index in [1.807, 2.05) is 6.07 Å². The number of hydrogen-bond donors (Lipinski definition) is 1. The summed E-state index contributed by atoms with van der Waals surface area (Å²) in [5.41, 5.74) is 0.0365. The maximum absolute atomic E-state index is 11.3. The zero-order chi connectivity index (χ0) is 12.3. The van der Waals surface area contributed by atoms with E-state index in [4.69, 9.17) is 0 Å². The van der Waals surface area contributed by atoms with Gasteiger partial charge in [-0.2, -0.15) is 0 Å². The van der Waals surface area contributed by atoms with Gasteiger partial charge in [-0.1, -0.05) is 19.9 Å². The van der Waals surface area contributed by atoms with Crippen LogP contribution in [-0.2, 0) is 14.9 Å². The van der Waals surface area contributed by atoms with Crippen molar-refractivity contribution >= 4 is 21.9 Å². The number of rotatable bonds is 3. The van der Waals surface area contributed by atoms with Gasteiger partial charge in [0.05, 0.1) is 7.11 Å². The fraction of sp³-hybridized carbons (Fsp3) is 0.455. The van der Waals surface area contributed by atoms with Crippen molar-refractivity contribution in [2.24, 2.45) is 0 Å². The molecule has 0 amide bonds. The third-order valence-corrected chi connectivity index (χ3v) is 3.05. The lowest BCUT2D eigenvalue weighted by molar-refractivity contribution is -0.153. The summed E-state index contributed by atoms with van der Waals surface area (Å²) in [5.74, 6) is -0.645. The van der Waals surface area contributed by atoms with Crippen LogP contribution in [0.3, 0.4) is 0 Å². The molecule has 1 rings (SSSR count). The Hall–Kier alpha value is -0.940. The van der Waals surface area contributed by atoms with Gasteiger partial charge < -0.3 is 9.84 Å². The number of methoxy groups -OCH3 is 1. The molecule has 0 radical (unpaired) electrons. The van der Waals surface area contributed by atoms with Gasteiger partial charge in [0.2, 0.25) is 0 Å². The zero-order valence-corrected chi connectivity index (χ0v) is 11.0. The fourth-order valence-corrected chi connectivity index (χ4v) is 1.56. The van der Waals surface area contributed by atoms with Crippen LogP contribution in [0.2, 0.25) is 0 Å². The average Bonchev–Trinajstić information content (AvgIpc) is 2.27. The number of aliphatic hydroxyl groups is 1. The molecule has 1 heterocycles. The van der Waals surface area contributed by atoms with Crippen molar-refractivity contribution in [1.29, 1.82) is 0 Å². The van der Waals surface area contributed by atoms with Crippen molar-refractivity contribution in [3.63, 3.8) is 0 Å². The highest BCUT2D eigenvalue weighted by Crippen LogP contribution is 2.27. The highest BCUT2D eigenvalue weighted by Gasteiger charge is 2.36.